The molecule has 0 aliphatic carbocycles. The summed E-state index contributed by atoms with van der Waals surface area (Å²) in [5, 5.41) is 12.4. The SMILES string of the molecule is Cc1cc(CO)c(-c2ccc(C3(C(=O)Nc4ccc(F)nc4)COC3)cc2)cn1. The molecule has 2 N–H and O–H groups in total. The summed E-state index contributed by atoms with van der Waals surface area (Å²) in [6.45, 7) is 2.33. The highest BCUT2D eigenvalue weighted by molar-refractivity contribution is 6.00. The predicted molar refractivity (Wildman–Crippen MR) is 106 cm³/mol. The molecule has 4 rings (SSSR count). The van der Waals surface area contributed by atoms with Crippen molar-refractivity contribution in [3.63, 3.8) is 0 Å². The first-order chi connectivity index (χ1) is 14.0. The van der Waals surface area contributed by atoms with Gasteiger partial charge in [-0.15, -0.1) is 0 Å². The molecule has 1 aromatic carbocycles. The van der Waals surface area contributed by atoms with Gasteiger partial charge in [-0.3, -0.25) is 9.78 Å². The second-order valence-corrected chi connectivity index (χ2v) is 7.12. The Morgan fingerprint density at radius 1 is 1.17 bits per heavy atom. The van der Waals surface area contributed by atoms with E-state index in [0.29, 0.717) is 5.69 Å². The van der Waals surface area contributed by atoms with Crippen LogP contribution in [0.2, 0.25) is 0 Å². The molecule has 148 valence electrons. The van der Waals surface area contributed by atoms with Gasteiger partial charge in [0.2, 0.25) is 11.9 Å². The number of aliphatic hydroxyl groups is 1. The molecule has 0 saturated carbocycles. The highest BCUT2D eigenvalue weighted by Gasteiger charge is 2.47. The van der Waals surface area contributed by atoms with Crippen LogP contribution in [-0.4, -0.2) is 34.2 Å². The van der Waals surface area contributed by atoms with Crippen LogP contribution < -0.4 is 5.32 Å². The minimum absolute atomic E-state index is 0.0770. The van der Waals surface area contributed by atoms with Crippen molar-refractivity contribution < 1.29 is 19.0 Å². The van der Waals surface area contributed by atoms with Crippen molar-refractivity contribution in [2.24, 2.45) is 0 Å². The molecule has 1 aliphatic heterocycles. The molecular weight excluding hydrogens is 373 g/mol. The Balaban J connectivity index is 1.60. The quantitative estimate of drug-likeness (QED) is 0.651. The monoisotopic (exact) mass is 393 g/mol. The van der Waals surface area contributed by atoms with Crippen molar-refractivity contribution in [3.8, 4) is 11.1 Å². The van der Waals surface area contributed by atoms with E-state index in [-0.39, 0.29) is 25.7 Å². The lowest BCUT2D eigenvalue weighted by Gasteiger charge is -2.40. The second kappa shape index (κ2) is 7.69. The summed E-state index contributed by atoms with van der Waals surface area (Å²) in [4.78, 5) is 20.8. The molecule has 29 heavy (non-hydrogen) atoms. The largest absolute Gasteiger partial charge is 0.392 e. The lowest BCUT2D eigenvalue weighted by Crippen LogP contribution is -2.55. The summed E-state index contributed by atoms with van der Waals surface area (Å²) in [6.07, 6.45) is 3.02. The van der Waals surface area contributed by atoms with Gasteiger partial charge in [0, 0.05) is 17.5 Å². The molecule has 0 atom stereocenters. The van der Waals surface area contributed by atoms with E-state index < -0.39 is 11.4 Å². The number of halogens is 1. The highest BCUT2D eigenvalue weighted by Crippen LogP contribution is 2.35. The number of anilines is 1. The number of amides is 1. The first-order valence-electron chi connectivity index (χ1n) is 9.20. The predicted octanol–water partition coefficient (Wildman–Crippen LogP) is 2.99. The van der Waals surface area contributed by atoms with Crippen LogP contribution in [0.3, 0.4) is 0 Å². The number of carbonyl (C=O) groups excluding carboxylic acids is 1. The molecule has 1 amide bonds. The fourth-order valence-corrected chi connectivity index (χ4v) is 3.41. The van der Waals surface area contributed by atoms with Crippen molar-refractivity contribution in [1.29, 1.82) is 0 Å². The zero-order valence-corrected chi connectivity index (χ0v) is 15.9. The number of nitrogens with one attached hydrogen (secondary N) is 1. The lowest BCUT2D eigenvalue weighted by atomic mass is 9.77. The number of ether oxygens (including phenoxy) is 1. The standard InChI is InChI=1S/C22H20FN3O3/c1-14-8-16(11-27)19(10-24-14)15-2-4-17(5-3-15)22(12-29-13-22)21(28)26-18-6-7-20(23)25-9-18/h2-10,27H,11-13H2,1H3,(H,26,28). The Kier molecular flexibility index (Phi) is 5.08. The summed E-state index contributed by atoms with van der Waals surface area (Å²) >= 11 is 0. The number of carbonyl (C=O) groups is 1. The molecule has 6 nitrogen and oxygen atoms in total. The number of rotatable bonds is 5. The van der Waals surface area contributed by atoms with E-state index in [1.54, 1.807) is 6.20 Å². The molecule has 3 heterocycles. The fraction of sp³-hybridized carbons (Fsp3) is 0.227. The highest BCUT2D eigenvalue weighted by atomic mass is 19.1. The van der Waals surface area contributed by atoms with E-state index in [4.69, 9.17) is 4.74 Å². The summed E-state index contributed by atoms with van der Waals surface area (Å²) in [5.74, 6) is -0.828. The number of nitrogens with zero attached hydrogens (tertiary/aromatic N) is 2. The maximum absolute atomic E-state index is 13.0. The van der Waals surface area contributed by atoms with Gasteiger partial charge >= 0.3 is 0 Å². The Labute approximate surface area is 167 Å². The number of benzene rings is 1. The molecule has 1 fully saturated rings. The number of pyridine rings is 2. The maximum Gasteiger partial charge on any atom is 0.239 e. The van der Waals surface area contributed by atoms with E-state index in [2.05, 4.69) is 15.3 Å². The van der Waals surface area contributed by atoms with E-state index in [1.807, 2.05) is 37.3 Å². The van der Waals surface area contributed by atoms with Crippen LogP contribution in [0.1, 0.15) is 16.8 Å². The van der Waals surface area contributed by atoms with E-state index in [0.717, 1.165) is 27.9 Å². The normalized spacial score (nSPS) is 14.9. The molecule has 0 bridgehead atoms. The summed E-state index contributed by atoms with van der Waals surface area (Å²) < 4.78 is 18.3. The van der Waals surface area contributed by atoms with Gasteiger partial charge in [-0.2, -0.15) is 4.39 Å². The van der Waals surface area contributed by atoms with Gasteiger partial charge in [-0.25, -0.2) is 4.98 Å². The van der Waals surface area contributed by atoms with E-state index in [1.165, 1.54) is 18.3 Å². The molecule has 1 saturated heterocycles. The third kappa shape index (κ3) is 3.62. The third-order valence-electron chi connectivity index (χ3n) is 5.16. The number of hydrogen-bond acceptors (Lipinski definition) is 5. The van der Waals surface area contributed by atoms with Crippen molar-refractivity contribution in [2.75, 3.05) is 18.5 Å². The Morgan fingerprint density at radius 3 is 2.52 bits per heavy atom. The van der Waals surface area contributed by atoms with Crippen molar-refractivity contribution >= 4 is 11.6 Å². The van der Waals surface area contributed by atoms with Gasteiger partial charge in [0.05, 0.1) is 31.7 Å². The van der Waals surface area contributed by atoms with Crippen molar-refractivity contribution in [3.05, 3.63) is 77.6 Å². The Bertz CT molecular complexity index is 1030. The Hall–Kier alpha value is -3.16. The average Bonchev–Trinajstić information content (AvgIpc) is 2.69. The minimum atomic E-state index is -0.807. The van der Waals surface area contributed by atoms with Gasteiger partial charge in [-0.1, -0.05) is 24.3 Å². The van der Waals surface area contributed by atoms with Gasteiger partial charge in [0.25, 0.3) is 0 Å². The number of aliphatic hydroxyl groups excluding tert-OH is 1. The fourth-order valence-electron chi connectivity index (χ4n) is 3.41. The smallest absolute Gasteiger partial charge is 0.239 e. The number of aryl methyl sites for hydroxylation is 1. The molecule has 1 aliphatic rings. The molecule has 0 radical (unpaired) electrons. The number of hydrogen-bond donors (Lipinski definition) is 2. The molecule has 3 aromatic rings. The van der Waals surface area contributed by atoms with Crippen LogP contribution in [-0.2, 0) is 21.6 Å². The van der Waals surface area contributed by atoms with Crippen LogP contribution in [0.15, 0.2) is 54.9 Å². The molecule has 0 spiro atoms. The zero-order valence-electron chi connectivity index (χ0n) is 15.9. The van der Waals surface area contributed by atoms with Crippen LogP contribution in [0, 0.1) is 12.9 Å². The van der Waals surface area contributed by atoms with Crippen molar-refractivity contribution in [1.82, 2.24) is 9.97 Å². The first kappa shape index (κ1) is 19.2. The topological polar surface area (TPSA) is 84.3 Å². The zero-order chi connectivity index (χ0) is 20.4. The van der Waals surface area contributed by atoms with E-state index in [9.17, 15) is 14.3 Å². The number of aromatic nitrogens is 2. The van der Waals surface area contributed by atoms with Crippen LogP contribution >= 0.6 is 0 Å². The molecule has 7 heteroatoms. The maximum atomic E-state index is 13.0. The lowest BCUT2D eigenvalue weighted by molar-refractivity contribution is -0.139. The third-order valence-corrected chi connectivity index (χ3v) is 5.16. The van der Waals surface area contributed by atoms with E-state index >= 15 is 0 Å². The molecule has 0 unspecified atom stereocenters. The average molecular weight is 393 g/mol. The van der Waals surface area contributed by atoms with Gasteiger partial charge < -0.3 is 15.2 Å². The van der Waals surface area contributed by atoms with Crippen LogP contribution in [0.25, 0.3) is 11.1 Å². The summed E-state index contributed by atoms with van der Waals surface area (Å²) in [6, 6.07) is 12.1. The van der Waals surface area contributed by atoms with Gasteiger partial charge in [0.15, 0.2) is 0 Å². The second-order valence-electron chi connectivity index (χ2n) is 7.12. The van der Waals surface area contributed by atoms with Crippen molar-refractivity contribution in [2.45, 2.75) is 18.9 Å². The molecular formula is C22H20FN3O3. The Morgan fingerprint density at radius 2 is 1.93 bits per heavy atom. The van der Waals surface area contributed by atoms with Gasteiger partial charge in [0.1, 0.15) is 5.41 Å². The van der Waals surface area contributed by atoms with Crippen LogP contribution in [0.5, 0.6) is 0 Å². The minimum Gasteiger partial charge on any atom is -0.392 e. The first-order valence-corrected chi connectivity index (χ1v) is 9.20. The van der Waals surface area contributed by atoms with Crippen LogP contribution in [0.4, 0.5) is 10.1 Å². The summed E-state index contributed by atoms with van der Waals surface area (Å²) in [7, 11) is 0. The summed E-state index contributed by atoms with van der Waals surface area (Å²) in [5.41, 5.74) is 3.84. The molecule has 2 aromatic heterocycles. The van der Waals surface area contributed by atoms with Gasteiger partial charge in [-0.05, 0) is 41.8 Å².